The lowest BCUT2D eigenvalue weighted by Crippen LogP contribution is -2.19. The van der Waals surface area contributed by atoms with Crippen LogP contribution >= 0.6 is 0 Å². The first-order chi connectivity index (χ1) is 10.7. The minimum absolute atomic E-state index is 0.0302. The number of hydrogen-bond acceptors (Lipinski definition) is 7. The molecule has 10 heteroatoms. The van der Waals surface area contributed by atoms with Gasteiger partial charge in [0, 0.05) is 11.6 Å². The molecule has 7 nitrogen and oxygen atoms in total. The van der Waals surface area contributed by atoms with Crippen LogP contribution in [0.25, 0.3) is 11.3 Å². The molecule has 1 aromatic heterocycles. The molecule has 0 aliphatic heterocycles. The van der Waals surface area contributed by atoms with E-state index in [1.165, 1.54) is 12.1 Å². The summed E-state index contributed by atoms with van der Waals surface area (Å²) >= 11 is 0. The third-order valence-electron chi connectivity index (χ3n) is 2.69. The normalized spacial score (nSPS) is 11.0. The molecule has 1 heterocycles. The minimum atomic E-state index is -4.50. The zero-order valence-corrected chi connectivity index (χ0v) is 11.4. The number of phenols is 1. The molecule has 2 rings (SSSR count). The second kappa shape index (κ2) is 5.88. The summed E-state index contributed by atoms with van der Waals surface area (Å²) in [6.45, 7) is -1.50. The molecule has 5 N–H and O–H groups in total. The Balaban J connectivity index is 2.41. The van der Waals surface area contributed by atoms with Gasteiger partial charge in [0.25, 0.3) is 0 Å². The molecule has 120 valence electrons. The van der Waals surface area contributed by atoms with E-state index in [0.717, 1.165) is 6.07 Å². The van der Waals surface area contributed by atoms with Gasteiger partial charge in [-0.2, -0.15) is 23.4 Å². The molecule has 0 saturated carbocycles. The van der Waals surface area contributed by atoms with Gasteiger partial charge in [-0.1, -0.05) is 0 Å². The third kappa shape index (κ3) is 3.70. The van der Waals surface area contributed by atoms with E-state index in [4.69, 9.17) is 16.7 Å². The molecule has 0 aliphatic carbocycles. The summed E-state index contributed by atoms with van der Waals surface area (Å²) in [6, 6.07) is 5.18. The first-order valence-corrected chi connectivity index (χ1v) is 6.07. The predicted octanol–water partition coefficient (Wildman–Crippen LogP) is 1.83. The number of aromatic hydroxyl groups is 1. The largest absolute Gasteiger partial charge is 0.507 e. The fourth-order valence-corrected chi connectivity index (χ4v) is 1.77. The fraction of sp³-hybridized carbons (Fsp3) is 0.154. The van der Waals surface area contributed by atoms with Gasteiger partial charge in [0.15, 0.2) is 6.61 Å². The van der Waals surface area contributed by atoms with Crippen molar-refractivity contribution in [2.75, 3.05) is 18.1 Å². The van der Waals surface area contributed by atoms with Crippen molar-refractivity contribution in [1.82, 2.24) is 9.97 Å². The van der Waals surface area contributed by atoms with Crippen molar-refractivity contribution < 1.29 is 23.0 Å². The van der Waals surface area contributed by atoms with Gasteiger partial charge in [0.05, 0.1) is 5.69 Å². The van der Waals surface area contributed by atoms with E-state index < -0.39 is 18.5 Å². The van der Waals surface area contributed by atoms with Crippen LogP contribution in [0.3, 0.4) is 0 Å². The quantitative estimate of drug-likeness (QED) is 0.784. The van der Waals surface area contributed by atoms with Crippen LogP contribution in [0.1, 0.15) is 5.56 Å². The van der Waals surface area contributed by atoms with E-state index in [1.807, 2.05) is 0 Å². The highest BCUT2D eigenvalue weighted by molar-refractivity contribution is 5.77. The number of hydrogen-bond donors (Lipinski definition) is 3. The average molecular weight is 325 g/mol. The summed E-state index contributed by atoms with van der Waals surface area (Å²) in [6.07, 6.45) is -4.50. The third-order valence-corrected chi connectivity index (χ3v) is 2.69. The van der Waals surface area contributed by atoms with Crippen LogP contribution in [-0.2, 0) is 0 Å². The van der Waals surface area contributed by atoms with Crippen LogP contribution in [0.5, 0.6) is 11.5 Å². The van der Waals surface area contributed by atoms with Crippen molar-refractivity contribution >= 4 is 11.8 Å². The van der Waals surface area contributed by atoms with E-state index in [9.17, 15) is 18.3 Å². The molecule has 0 amide bonds. The van der Waals surface area contributed by atoms with Gasteiger partial charge in [-0.05, 0) is 12.1 Å². The van der Waals surface area contributed by atoms with Crippen molar-refractivity contribution in [3.8, 4) is 28.8 Å². The number of nitrogen functional groups attached to an aromatic ring is 2. The van der Waals surface area contributed by atoms with Gasteiger partial charge in [0.1, 0.15) is 28.9 Å². The van der Waals surface area contributed by atoms with E-state index in [2.05, 4.69) is 14.7 Å². The number of aromatic nitrogens is 2. The molecule has 0 atom stereocenters. The molecule has 2 aromatic rings. The topological polar surface area (TPSA) is 131 Å². The summed E-state index contributed by atoms with van der Waals surface area (Å²) in [5, 5.41) is 19.1. The van der Waals surface area contributed by atoms with Crippen molar-refractivity contribution in [1.29, 1.82) is 5.26 Å². The lowest BCUT2D eigenvalue weighted by molar-refractivity contribution is -0.153. The number of ether oxygens (including phenoxy) is 1. The number of benzene rings is 1. The Morgan fingerprint density at radius 3 is 2.52 bits per heavy atom. The van der Waals surface area contributed by atoms with Gasteiger partial charge in [-0.3, -0.25) is 0 Å². The van der Waals surface area contributed by atoms with Crippen LogP contribution < -0.4 is 16.2 Å². The molecule has 0 spiro atoms. The Morgan fingerprint density at radius 1 is 1.26 bits per heavy atom. The molecule has 0 aliphatic rings. The van der Waals surface area contributed by atoms with Gasteiger partial charge < -0.3 is 21.3 Å². The maximum Gasteiger partial charge on any atom is 0.422 e. The van der Waals surface area contributed by atoms with Gasteiger partial charge >= 0.3 is 6.18 Å². The summed E-state index contributed by atoms with van der Waals surface area (Å²) in [7, 11) is 0. The summed E-state index contributed by atoms with van der Waals surface area (Å²) in [5.74, 6) is -1.03. The van der Waals surface area contributed by atoms with Crippen LogP contribution in [0.4, 0.5) is 24.9 Å². The monoisotopic (exact) mass is 325 g/mol. The Labute approximate surface area is 127 Å². The molecule has 1 aromatic carbocycles. The SMILES string of the molecule is N#Cc1c(N)nc(N)nc1-c1ccc(OCC(F)(F)F)cc1O. The second-order valence-electron chi connectivity index (χ2n) is 4.39. The highest BCUT2D eigenvalue weighted by Gasteiger charge is 2.28. The molecule has 0 radical (unpaired) electrons. The second-order valence-corrected chi connectivity index (χ2v) is 4.39. The Kier molecular flexibility index (Phi) is 4.13. The van der Waals surface area contributed by atoms with Crippen LogP contribution in [0.15, 0.2) is 18.2 Å². The number of rotatable bonds is 3. The molecule has 0 bridgehead atoms. The molecular formula is C13H10F3N5O2. The maximum absolute atomic E-state index is 12.1. The molecule has 0 saturated heterocycles. The predicted molar refractivity (Wildman–Crippen MR) is 74.2 cm³/mol. The molecular weight excluding hydrogens is 315 g/mol. The number of nitrogens with two attached hydrogens (primary N) is 2. The van der Waals surface area contributed by atoms with Crippen LogP contribution in [0.2, 0.25) is 0 Å². The van der Waals surface area contributed by atoms with Gasteiger partial charge in [-0.15, -0.1) is 0 Å². The smallest absolute Gasteiger partial charge is 0.422 e. The lowest BCUT2D eigenvalue weighted by atomic mass is 10.1. The highest BCUT2D eigenvalue weighted by atomic mass is 19.4. The highest BCUT2D eigenvalue weighted by Crippen LogP contribution is 2.35. The molecule has 0 fully saturated rings. The zero-order valence-electron chi connectivity index (χ0n) is 11.4. The standard InChI is InChI=1S/C13H10F3N5O2/c14-13(15,16)5-23-6-1-2-7(9(22)3-6)10-8(4-17)11(18)21-12(19)20-10/h1-3,22H,5H2,(H4,18,19,20,21). The van der Waals surface area contributed by atoms with Crippen molar-refractivity contribution in [3.05, 3.63) is 23.8 Å². The number of nitriles is 1. The van der Waals surface area contributed by atoms with Crippen molar-refractivity contribution in [2.24, 2.45) is 0 Å². The summed E-state index contributed by atoms with van der Waals surface area (Å²) in [5.41, 5.74) is 10.9. The fourth-order valence-electron chi connectivity index (χ4n) is 1.77. The zero-order chi connectivity index (χ0) is 17.2. The number of alkyl halides is 3. The Hall–Kier alpha value is -3.22. The van der Waals surface area contributed by atoms with E-state index in [1.54, 1.807) is 6.07 Å². The summed E-state index contributed by atoms with van der Waals surface area (Å²) < 4.78 is 40.8. The first-order valence-electron chi connectivity index (χ1n) is 6.07. The Morgan fingerprint density at radius 2 is 1.96 bits per heavy atom. The van der Waals surface area contributed by atoms with Crippen LogP contribution in [-0.4, -0.2) is 27.9 Å². The maximum atomic E-state index is 12.1. The average Bonchev–Trinajstić information content (AvgIpc) is 2.44. The Bertz CT molecular complexity index is 786. The number of nitrogens with zero attached hydrogens (tertiary/aromatic N) is 3. The van der Waals surface area contributed by atoms with Gasteiger partial charge in [0.2, 0.25) is 5.95 Å². The van der Waals surface area contributed by atoms with E-state index in [0.29, 0.717) is 0 Å². The van der Waals surface area contributed by atoms with Crippen molar-refractivity contribution in [3.63, 3.8) is 0 Å². The molecule has 0 unspecified atom stereocenters. The van der Waals surface area contributed by atoms with Gasteiger partial charge in [-0.25, -0.2) is 4.98 Å². The summed E-state index contributed by atoms with van der Waals surface area (Å²) in [4.78, 5) is 7.46. The van der Waals surface area contributed by atoms with E-state index >= 15 is 0 Å². The van der Waals surface area contributed by atoms with Crippen molar-refractivity contribution in [2.45, 2.75) is 6.18 Å². The number of phenolic OH excluding ortho intramolecular Hbond substituents is 1. The minimum Gasteiger partial charge on any atom is -0.507 e. The number of halogens is 3. The first kappa shape index (κ1) is 16.2. The molecule has 23 heavy (non-hydrogen) atoms. The lowest BCUT2D eigenvalue weighted by Gasteiger charge is -2.12. The van der Waals surface area contributed by atoms with Crippen LogP contribution in [0, 0.1) is 11.3 Å². The number of anilines is 2. The van der Waals surface area contributed by atoms with E-state index in [-0.39, 0.29) is 34.3 Å².